The summed E-state index contributed by atoms with van der Waals surface area (Å²) in [6, 6.07) is 16.8. The largest absolute Gasteiger partial charge is 0.353 e. The van der Waals surface area contributed by atoms with Gasteiger partial charge in [-0.1, -0.05) is 36.4 Å². The summed E-state index contributed by atoms with van der Waals surface area (Å²) in [7, 11) is 0. The van der Waals surface area contributed by atoms with Gasteiger partial charge in [0.15, 0.2) is 0 Å². The van der Waals surface area contributed by atoms with Gasteiger partial charge in [0.1, 0.15) is 11.2 Å². The van der Waals surface area contributed by atoms with Crippen LogP contribution in [0.1, 0.15) is 31.9 Å². The molecule has 0 fully saturated rings. The highest BCUT2D eigenvalue weighted by atomic mass is 32.1. The van der Waals surface area contributed by atoms with E-state index in [9.17, 15) is 14.9 Å². The lowest BCUT2D eigenvalue weighted by atomic mass is 10.0. The van der Waals surface area contributed by atoms with Gasteiger partial charge in [-0.2, -0.15) is 0 Å². The summed E-state index contributed by atoms with van der Waals surface area (Å²) in [5.74, 6) is -0.0499. The van der Waals surface area contributed by atoms with Crippen molar-refractivity contribution in [2.75, 3.05) is 11.9 Å². The van der Waals surface area contributed by atoms with Crippen LogP contribution in [0.5, 0.6) is 0 Å². The van der Waals surface area contributed by atoms with Gasteiger partial charge in [0.2, 0.25) is 0 Å². The molecule has 7 nitrogen and oxygen atoms in total. The van der Waals surface area contributed by atoms with E-state index in [2.05, 4.69) is 39.8 Å². The van der Waals surface area contributed by atoms with Crippen molar-refractivity contribution < 1.29 is 9.72 Å². The zero-order valence-electron chi connectivity index (χ0n) is 17.3. The molecule has 1 atom stereocenters. The summed E-state index contributed by atoms with van der Waals surface area (Å²) in [5, 5.41) is 18.1. The van der Waals surface area contributed by atoms with Crippen LogP contribution >= 0.6 is 11.3 Å². The van der Waals surface area contributed by atoms with Crippen LogP contribution < -0.4 is 10.6 Å². The minimum absolute atomic E-state index is 0.0499. The molecule has 0 aliphatic carbocycles. The second-order valence-corrected chi connectivity index (χ2v) is 9.06. The minimum atomic E-state index is -0.419. The van der Waals surface area contributed by atoms with Crippen LogP contribution in [0, 0.1) is 10.1 Å². The van der Waals surface area contributed by atoms with E-state index in [-0.39, 0.29) is 17.8 Å². The van der Waals surface area contributed by atoms with Gasteiger partial charge in [-0.25, -0.2) is 0 Å². The number of hydrogen-bond donors (Lipinski definition) is 2. The minimum Gasteiger partial charge on any atom is -0.353 e. The Morgan fingerprint density at radius 2 is 1.91 bits per heavy atom. The van der Waals surface area contributed by atoms with Gasteiger partial charge in [-0.05, 0) is 41.3 Å². The third-order valence-electron chi connectivity index (χ3n) is 5.77. The Labute approximate surface area is 189 Å². The van der Waals surface area contributed by atoms with Crippen LogP contribution in [0.25, 0.3) is 6.08 Å². The second kappa shape index (κ2) is 8.57. The predicted octanol–water partition coefficient (Wildman–Crippen LogP) is 4.41. The molecule has 1 aromatic heterocycles. The maximum Gasteiger partial charge on any atom is 0.269 e. The van der Waals surface area contributed by atoms with E-state index < -0.39 is 4.92 Å². The quantitative estimate of drug-likeness (QED) is 0.448. The van der Waals surface area contributed by atoms with E-state index in [1.807, 2.05) is 18.2 Å². The molecule has 8 heteroatoms. The number of benzene rings is 2. The van der Waals surface area contributed by atoms with Gasteiger partial charge < -0.3 is 10.6 Å². The van der Waals surface area contributed by atoms with Crippen LogP contribution in [-0.2, 0) is 19.5 Å². The molecule has 2 aromatic carbocycles. The van der Waals surface area contributed by atoms with Gasteiger partial charge in [-0.15, -0.1) is 11.3 Å². The predicted molar refractivity (Wildman–Crippen MR) is 126 cm³/mol. The molecular formula is C24H22N4O3S. The number of carbonyl (C=O) groups is 1. The molecule has 3 heterocycles. The molecule has 0 radical (unpaired) electrons. The molecule has 2 N–H and O–H groups in total. The number of thiophene rings is 1. The molecule has 162 valence electrons. The van der Waals surface area contributed by atoms with Crippen LogP contribution in [0.3, 0.4) is 0 Å². The number of carbonyl (C=O) groups excluding carboxylic acids is 1. The van der Waals surface area contributed by atoms with E-state index in [0.717, 1.165) is 47.7 Å². The number of hydrogen-bond acceptors (Lipinski definition) is 6. The molecule has 2 aliphatic rings. The number of nitrogens with one attached hydrogen (secondary N) is 2. The Bertz CT molecular complexity index is 1190. The average molecular weight is 447 g/mol. The van der Waals surface area contributed by atoms with Gasteiger partial charge >= 0.3 is 0 Å². The van der Waals surface area contributed by atoms with Crippen LogP contribution in [-0.4, -0.2) is 28.4 Å². The summed E-state index contributed by atoms with van der Waals surface area (Å²) in [6.45, 7) is 2.69. The Balaban J connectivity index is 1.29. The molecule has 32 heavy (non-hydrogen) atoms. The Morgan fingerprint density at radius 1 is 1.12 bits per heavy atom. The van der Waals surface area contributed by atoms with Crippen molar-refractivity contribution in [3.63, 3.8) is 0 Å². The van der Waals surface area contributed by atoms with Crippen molar-refractivity contribution in [1.29, 1.82) is 0 Å². The lowest BCUT2D eigenvalue weighted by Gasteiger charge is -2.28. The average Bonchev–Trinajstić information content (AvgIpc) is 3.16. The van der Waals surface area contributed by atoms with E-state index in [1.165, 1.54) is 22.6 Å². The monoisotopic (exact) mass is 446 g/mol. The number of nitrogens with zero attached hydrogens (tertiary/aromatic N) is 2. The molecule has 0 saturated heterocycles. The van der Waals surface area contributed by atoms with Crippen molar-refractivity contribution in [1.82, 2.24) is 10.2 Å². The lowest BCUT2D eigenvalue weighted by molar-refractivity contribution is -0.384. The van der Waals surface area contributed by atoms with Crippen LogP contribution in [0.2, 0.25) is 0 Å². The number of nitro groups is 1. The SMILES string of the molecule is O=C1NC(/C=C\c2ccc([N+](=O)[O-])cc2)Nc2sc3c(c21)CCN(Cc1ccccc1)C3. The van der Waals surface area contributed by atoms with Gasteiger partial charge in [0, 0.05) is 36.6 Å². The smallest absolute Gasteiger partial charge is 0.269 e. The van der Waals surface area contributed by atoms with Crippen LogP contribution in [0.4, 0.5) is 10.7 Å². The molecule has 3 aromatic rings. The number of anilines is 1. The molecule has 1 unspecified atom stereocenters. The van der Waals surface area contributed by atoms with E-state index >= 15 is 0 Å². The molecule has 5 rings (SSSR count). The highest BCUT2D eigenvalue weighted by Gasteiger charge is 2.32. The topological polar surface area (TPSA) is 87.5 Å². The summed E-state index contributed by atoms with van der Waals surface area (Å²) in [4.78, 5) is 26.9. The maximum absolute atomic E-state index is 12.9. The van der Waals surface area contributed by atoms with Crippen molar-refractivity contribution in [2.24, 2.45) is 0 Å². The van der Waals surface area contributed by atoms with Gasteiger partial charge in [-0.3, -0.25) is 19.8 Å². The van der Waals surface area contributed by atoms with Gasteiger partial charge in [0.25, 0.3) is 11.6 Å². The number of amides is 1. The van der Waals surface area contributed by atoms with E-state index in [4.69, 9.17) is 0 Å². The fraction of sp³-hybridized carbons (Fsp3) is 0.208. The summed E-state index contributed by atoms with van der Waals surface area (Å²) < 4.78 is 0. The first kappa shape index (κ1) is 20.4. The first-order valence-electron chi connectivity index (χ1n) is 10.5. The first-order valence-corrected chi connectivity index (χ1v) is 11.3. The number of nitro benzene ring substituents is 1. The van der Waals surface area contributed by atoms with Crippen molar-refractivity contribution in [2.45, 2.75) is 25.7 Å². The fourth-order valence-corrected chi connectivity index (χ4v) is 5.50. The second-order valence-electron chi connectivity index (χ2n) is 7.96. The van der Waals surface area contributed by atoms with Gasteiger partial charge in [0.05, 0.1) is 10.5 Å². The first-order chi connectivity index (χ1) is 15.6. The fourth-order valence-electron chi connectivity index (χ4n) is 4.18. The third-order valence-corrected chi connectivity index (χ3v) is 6.92. The third kappa shape index (κ3) is 4.15. The van der Waals surface area contributed by atoms with E-state index in [1.54, 1.807) is 23.5 Å². The van der Waals surface area contributed by atoms with Crippen molar-refractivity contribution >= 4 is 34.0 Å². The van der Waals surface area contributed by atoms with Crippen LogP contribution in [0.15, 0.2) is 60.7 Å². The molecule has 2 aliphatic heterocycles. The lowest BCUT2D eigenvalue weighted by Crippen LogP contribution is -2.43. The number of fused-ring (bicyclic) bond motifs is 3. The molecule has 0 bridgehead atoms. The van der Waals surface area contributed by atoms with Crippen molar-refractivity contribution in [3.05, 3.63) is 97.9 Å². The zero-order chi connectivity index (χ0) is 22.1. The maximum atomic E-state index is 12.9. The normalized spacial score (nSPS) is 18.0. The summed E-state index contributed by atoms with van der Waals surface area (Å²) >= 11 is 1.66. The Hall–Kier alpha value is -3.49. The Kier molecular flexibility index (Phi) is 5.46. The molecular weight excluding hydrogens is 424 g/mol. The van der Waals surface area contributed by atoms with Crippen molar-refractivity contribution in [3.8, 4) is 0 Å². The molecule has 1 amide bonds. The Morgan fingerprint density at radius 3 is 2.66 bits per heavy atom. The highest BCUT2D eigenvalue weighted by Crippen LogP contribution is 2.39. The zero-order valence-corrected chi connectivity index (χ0v) is 18.1. The number of non-ortho nitro benzene ring substituents is 1. The summed E-state index contributed by atoms with van der Waals surface area (Å²) in [6.07, 6.45) is 4.25. The highest BCUT2D eigenvalue weighted by molar-refractivity contribution is 7.16. The van der Waals surface area contributed by atoms with E-state index in [0.29, 0.717) is 0 Å². The molecule has 0 saturated carbocycles. The standard InChI is InChI=1S/C24H22N4O3S/c29-23-22-19-12-13-27(14-17-4-2-1-3-5-17)15-20(19)32-24(22)26-21(25-23)11-8-16-6-9-18(10-7-16)28(30)31/h1-11,21,26H,12-15H2,(H,25,29)/b11-8-. The molecule has 0 spiro atoms. The summed E-state index contributed by atoms with van der Waals surface area (Å²) in [5.41, 5.74) is 4.13. The number of rotatable bonds is 5.